The van der Waals surface area contributed by atoms with Gasteiger partial charge in [0.1, 0.15) is 5.82 Å². The second-order valence-electron chi connectivity index (χ2n) is 9.85. The number of benzene rings is 1. The van der Waals surface area contributed by atoms with Gasteiger partial charge in [-0.25, -0.2) is 13.9 Å². The fourth-order valence-electron chi connectivity index (χ4n) is 4.70. The molecule has 1 saturated carbocycles. The molecule has 0 unspecified atom stereocenters. The second-order valence-corrected chi connectivity index (χ2v) is 13.7. The summed E-state index contributed by atoms with van der Waals surface area (Å²) in [6, 6.07) is 5.60. The first kappa shape index (κ1) is 25.0. The summed E-state index contributed by atoms with van der Waals surface area (Å²) in [7, 11) is -1.07. The van der Waals surface area contributed by atoms with Gasteiger partial charge >= 0.3 is 0 Å². The van der Waals surface area contributed by atoms with Crippen LogP contribution in [0.3, 0.4) is 0 Å². The minimum atomic E-state index is -1.07. The van der Waals surface area contributed by atoms with Gasteiger partial charge in [0.05, 0.1) is 32.0 Å². The zero-order valence-corrected chi connectivity index (χ0v) is 22.3. The van der Waals surface area contributed by atoms with Crippen LogP contribution in [0.4, 0.5) is 5.82 Å². The molecule has 1 aliphatic carbocycles. The maximum atomic E-state index is 12.7. The smallest absolute Gasteiger partial charge is 0.282 e. The average molecular weight is 530 g/mol. The van der Waals surface area contributed by atoms with Gasteiger partial charge in [-0.3, -0.25) is 4.79 Å². The molecule has 1 saturated heterocycles. The molecule has 2 aromatic rings. The van der Waals surface area contributed by atoms with E-state index in [-0.39, 0.29) is 21.8 Å². The third kappa shape index (κ3) is 5.45. The van der Waals surface area contributed by atoms with Crippen molar-refractivity contribution in [3.63, 3.8) is 0 Å². The molecular weight excluding hydrogens is 499 g/mol. The van der Waals surface area contributed by atoms with Gasteiger partial charge in [-0.2, -0.15) is 0 Å². The molecule has 0 radical (unpaired) electrons. The van der Waals surface area contributed by atoms with Crippen LogP contribution in [0, 0.1) is 5.41 Å². The lowest BCUT2D eigenvalue weighted by molar-refractivity contribution is 0.188. The fraction of sp³-hybridized carbons (Fsp3) is 0.565. The largest absolute Gasteiger partial charge is 0.357 e. The number of hydrogen-bond acceptors (Lipinski definition) is 5. The van der Waals surface area contributed by atoms with Gasteiger partial charge in [0.15, 0.2) is 5.03 Å². The molecule has 0 bridgehead atoms. The molecule has 1 spiro atoms. The molecular formula is C23H30Cl2N4O2S2. The molecule has 0 amide bonds. The van der Waals surface area contributed by atoms with E-state index in [4.69, 9.17) is 23.2 Å². The van der Waals surface area contributed by atoms with Crippen molar-refractivity contribution >= 4 is 51.8 Å². The third-order valence-electron chi connectivity index (χ3n) is 6.67. The first-order valence-electron chi connectivity index (χ1n) is 11.2. The van der Waals surface area contributed by atoms with Gasteiger partial charge in [-0.1, -0.05) is 47.5 Å². The molecule has 33 heavy (non-hydrogen) atoms. The number of piperidine rings is 1. The molecule has 1 aliphatic heterocycles. The number of anilines is 1. The van der Waals surface area contributed by atoms with E-state index < -0.39 is 11.0 Å². The third-order valence-corrected chi connectivity index (χ3v) is 10.3. The molecule has 180 valence electrons. The topological polar surface area (TPSA) is 78.1 Å². The predicted octanol–water partition coefficient (Wildman–Crippen LogP) is 5.42. The van der Waals surface area contributed by atoms with Gasteiger partial charge in [0.25, 0.3) is 5.56 Å². The zero-order chi connectivity index (χ0) is 23.8. The lowest BCUT2D eigenvalue weighted by Crippen LogP contribution is -2.51. The van der Waals surface area contributed by atoms with Crippen LogP contribution in [0.15, 0.2) is 39.1 Å². The van der Waals surface area contributed by atoms with E-state index in [1.54, 1.807) is 18.3 Å². The molecule has 2 N–H and O–H groups in total. The maximum Gasteiger partial charge on any atom is 0.282 e. The fourth-order valence-corrected chi connectivity index (χ4v) is 6.96. The number of hydrogen-bond donors (Lipinski definition) is 2. The number of aromatic nitrogens is 2. The van der Waals surface area contributed by atoms with Gasteiger partial charge in [-0.05, 0) is 64.0 Å². The van der Waals surface area contributed by atoms with Crippen molar-refractivity contribution in [2.24, 2.45) is 5.41 Å². The van der Waals surface area contributed by atoms with Crippen LogP contribution in [-0.4, -0.2) is 38.1 Å². The molecule has 1 aromatic carbocycles. The summed E-state index contributed by atoms with van der Waals surface area (Å²) in [5, 5.41) is 1.20. The Morgan fingerprint density at radius 2 is 1.97 bits per heavy atom. The molecule has 4 rings (SSSR count). The normalized spacial score (nSPS) is 21.5. The average Bonchev–Trinajstić information content (AvgIpc) is 3.14. The van der Waals surface area contributed by atoms with Gasteiger partial charge in [0.2, 0.25) is 0 Å². The van der Waals surface area contributed by atoms with Crippen LogP contribution < -0.4 is 15.2 Å². The lowest BCUT2D eigenvalue weighted by atomic mass is 9.74. The zero-order valence-electron chi connectivity index (χ0n) is 19.1. The number of rotatable bonds is 5. The molecule has 6 nitrogen and oxygen atoms in total. The Labute approximate surface area is 211 Å². The number of nitrogens with one attached hydrogen (secondary N) is 2. The van der Waals surface area contributed by atoms with Crippen LogP contribution in [0.5, 0.6) is 0 Å². The summed E-state index contributed by atoms with van der Waals surface area (Å²) >= 11 is 13.5. The Morgan fingerprint density at radius 1 is 1.24 bits per heavy atom. The molecule has 2 heterocycles. The highest BCUT2D eigenvalue weighted by molar-refractivity contribution is 7.99. The summed E-state index contributed by atoms with van der Waals surface area (Å²) in [6.45, 7) is 7.69. The van der Waals surface area contributed by atoms with Crippen LogP contribution in [0.25, 0.3) is 0 Å². The van der Waals surface area contributed by atoms with Crippen molar-refractivity contribution in [2.75, 3.05) is 18.0 Å². The number of halogens is 2. The van der Waals surface area contributed by atoms with Crippen LogP contribution in [0.2, 0.25) is 10.0 Å². The molecule has 2 atom stereocenters. The summed E-state index contributed by atoms with van der Waals surface area (Å²) < 4.78 is 15.9. The summed E-state index contributed by atoms with van der Waals surface area (Å²) in [4.78, 5) is 23.0. The highest BCUT2D eigenvalue weighted by Gasteiger charge is 2.46. The number of H-pyrrole nitrogens is 1. The van der Waals surface area contributed by atoms with Gasteiger partial charge in [0, 0.05) is 24.0 Å². The molecule has 2 fully saturated rings. The Kier molecular flexibility index (Phi) is 7.51. The first-order valence-corrected chi connectivity index (χ1v) is 14.0. The first-order chi connectivity index (χ1) is 15.6. The van der Waals surface area contributed by atoms with Gasteiger partial charge < -0.3 is 9.88 Å². The molecule has 2 aliphatic rings. The van der Waals surface area contributed by atoms with E-state index in [1.807, 2.05) is 26.8 Å². The SMILES string of the molecule is CC(C)(C)[S@@](=O)N[C@@H]1CCCC12CCN(c1cnc(Sc3cccc(Cl)c3Cl)c(=O)[nH]1)CC2. The highest BCUT2D eigenvalue weighted by Crippen LogP contribution is 2.47. The Balaban J connectivity index is 1.43. The van der Waals surface area contributed by atoms with Crippen molar-refractivity contribution in [3.8, 4) is 0 Å². The highest BCUT2D eigenvalue weighted by atomic mass is 35.5. The van der Waals surface area contributed by atoms with E-state index in [0.717, 1.165) is 51.0 Å². The van der Waals surface area contributed by atoms with Crippen LogP contribution >= 0.6 is 35.0 Å². The maximum absolute atomic E-state index is 12.7. The minimum absolute atomic E-state index is 0.171. The quantitative estimate of drug-likeness (QED) is 0.541. The summed E-state index contributed by atoms with van der Waals surface area (Å²) in [6.07, 6.45) is 7.11. The van der Waals surface area contributed by atoms with Crippen molar-refractivity contribution in [1.29, 1.82) is 0 Å². The van der Waals surface area contributed by atoms with Crippen molar-refractivity contribution in [2.45, 2.75) is 73.6 Å². The number of nitrogens with zero attached hydrogens (tertiary/aromatic N) is 2. The van der Waals surface area contributed by atoms with E-state index in [2.05, 4.69) is 19.6 Å². The van der Waals surface area contributed by atoms with E-state index in [1.165, 1.54) is 11.8 Å². The van der Waals surface area contributed by atoms with Crippen molar-refractivity contribution < 1.29 is 4.21 Å². The Bertz CT molecular complexity index is 1090. The Morgan fingerprint density at radius 3 is 2.64 bits per heavy atom. The molecule has 1 aromatic heterocycles. The van der Waals surface area contributed by atoms with Crippen molar-refractivity contribution in [3.05, 3.63) is 44.8 Å². The van der Waals surface area contributed by atoms with E-state index >= 15 is 0 Å². The van der Waals surface area contributed by atoms with Crippen LogP contribution in [0.1, 0.15) is 52.9 Å². The Hall–Kier alpha value is -1.06. The molecule has 10 heteroatoms. The standard InChI is InChI=1S/C23H30Cl2N4O2S2/c1-22(2,3)33(31)28-17-8-5-9-23(17)10-12-29(13-11-23)18-14-26-21(20(30)27-18)32-16-7-4-6-15(24)19(16)25/h4,6-7,14,17,28H,5,8-13H2,1-3H3,(H,27,30)/t17-,33-/m1/s1. The monoisotopic (exact) mass is 528 g/mol. The van der Waals surface area contributed by atoms with Crippen LogP contribution in [-0.2, 0) is 11.0 Å². The predicted molar refractivity (Wildman–Crippen MR) is 138 cm³/mol. The summed E-state index contributed by atoms with van der Waals surface area (Å²) in [5.41, 5.74) is -0.0700. The minimum Gasteiger partial charge on any atom is -0.357 e. The van der Waals surface area contributed by atoms with E-state index in [0.29, 0.717) is 20.0 Å². The number of aromatic amines is 1. The van der Waals surface area contributed by atoms with E-state index in [9.17, 15) is 9.00 Å². The lowest BCUT2D eigenvalue weighted by Gasteiger charge is -2.44. The second kappa shape index (κ2) is 9.90. The van der Waals surface area contributed by atoms with Crippen molar-refractivity contribution in [1.82, 2.24) is 14.7 Å². The van der Waals surface area contributed by atoms with Gasteiger partial charge in [-0.15, -0.1) is 0 Å². The summed E-state index contributed by atoms with van der Waals surface area (Å²) in [5.74, 6) is 0.733.